The molecular weight excluding hydrogens is 212 g/mol. The van der Waals surface area contributed by atoms with Gasteiger partial charge in [-0.15, -0.1) is 0 Å². The summed E-state index contributed by atoms with van der Waals surface area (Å²) in [6.45, 7) is 4.60. The Morgan fingerprint density at radius 2 is 1.94 bits per heavy atom. The highest BCUT2D eigenvalue weighted by Crippen LogP contribution is 2.09. The third-order valence-corrected chi connectivity index (χ3v) is 3.19. The zero-order chi connectivity index (χ0) is 11.9. The van der Waals surface area contributed by atoms with Crippen molar-refractivity contribution in [1.82, 2.24) is 9.88 Å². The third-order valence-electron chi connectivity index (χ3n) is 3.19. The third kappa shape index (κ3) is 3.89. The molecule has 4 heteroatoms. The van der Waals surface area contributed by atoms with E-state index < -0.39 is 0 Å². The molecule has 2 N–H and O–H groups in total. The first kappa shape index (κ1) is 12.2. The molecule has 4 nitrogen and oxygen atoms in total. The van der Waals surface area contributed by atoms with Gasteiger partial charge in [0.2, 0.25) is 0 Å². The standard InChI is InChI=1S/C13H22N4/c1-14-12-6-5-7-13(16-12)15-8-11-17-9-3-2-4-10-17/h5-7H,2-4,8-11H2,1H3,(H2,14,15,16). The van der Waals surface area contributed by atoms with E-state index in [1.807, 2.05) is 25.2 Å². The molecule has 17 heavy (non-hydrogen) atoms. The molecule has 0 aromatic carbocycles. The van der Waals surface area contributed by atoms with E-state index in [4.69, 9.17) is 0 Å². The molecule has 0 unspecified atom stereocenters. The Kier molecular flexibility index (Phi) is 4.62. The molecule has 2 heterocycles. The Bertz CT molecular complexity index is 334. The van der Waals surface area contributed by atoms with Crippen LogP contribution in [0.5, 0.6) is 0 Å². The highest BCUT2D eigenvalue weighted by Gasteiger charge is 2.08. The maximum absolute atomic E-state index is 4.43. The van der Waals surface area contributed by atoms with Crippen molar-refractivity contribution in [2.75, 3.05) is 43.9 Å². The summed E-state index contributed by atoms with van der Waals surface area (Å²) in [6, 6.07) is 5.99. The maximum atomic E-state index is 4.43. The Hall–Kier alpha value is -1.29. The second-order valence-electron chi connectivity index (χ2n) is 4.49. The van der Waals surface area contributed by atoms with E-state index in [2.05, 4.69) is 20.5 Å². The number of piperidine rings is 1. The Morgan fingerprint density at radius 1 is 1.18 bits per heavy atom. The van der Waals surface area contributed by atoms with Gasteiger partial charge in [0.25, 0.3) is 0 Å². The zero-order valence-electron chi connectivity index (χ0n) is 10.6. The van der Waals surface area contributed by atoms with E-state index in [1.165, 1.54) is 32.4 Å². The molecule has 0 aliphatic carbocycles. The van der Waals surface area contributed by atoms with Crippen LogP contribution >= 0.6 is 0 Å². The molecule has 0 atom stereocenters. The Labute approximate surface area is 103 Å². The van der Waals surface area contributed by atoms with Gasteiger partial charge in [0.1, 0.15) is 11.6 Å². The van der Waals surface area contributed by atoms with E-state index in [0.29, 0.717) is 0 Å². The molecule has 0 spiro atoms. The van der Waals surface area contributed by atoms with E-state index in [-0.39, 0.29) is 0 Å². The number of nitrogens with one attached hydrogen (secondary N) is 2. The summed E-state index contributed by atoms with van der Waals surface area (Å²) in [5.41, 5.74) is 0. The lowest BCUT2D eigenvalue weighted by Crippen LogP contribution is -2.33. The minimum absolute atomic E-state index is 0.910. The summed E-state index contributed by atoms with van der Waals surface area (Å²) in [5, 5.41) is 6.42. The first-order valence-electron chi connectivity index (χ1n) is 6.49. The van der Waals surface area contributed by atoms with Crippen LogP contribution in [0.3, 0.4) is 0 Å². The minimum atomic E-state index is 0.910. The second-order valence-corrected chi connectivity index (χ2v) is 4.49. The van der Waals surface area contributed by atoms with E-state index in [1.54, 1.807) is 0 Å². The van der Waals surface area contributed by atoms with Crippen LogP contribution in [0.25, 0.3) is 0 Å². The number of likely N-dealkylation sites (tertiary alicyclic amines) is 1. The predicted octanol–water partition coefficient (Wildman–Crippen LogP) is 2.02. The molecule has 1 aliphatic heterocycles. The van der Waals surface area contributed by atoms with Crippen molar-refractivity contribution < 1.29 is 0 Å². The number of aromatic nitrogens is 1. The van der Waals surface area contributed by atoms with Gasteiger partial charge in [-0.3, -0.25) is 0 Å². The summed E-state index contributed by atoms with van der Waals surface area (Å²) in [7, 11) is 1.89. The average Bonchev–Trinajstić information content (AvgIpc) is 2.40. The molecule has 2 rings (SSSR count). The van der Waals surface area contributed by atoms with Crippen LogP contribution in [0.2, 0.25) is 0 Å². The van der Waals surface area contributed by atoms with Crippen molar-refractivity contribution in [2.24, 2.45) is 0 Å². The lowest BCUT2D eigenvalue weighted by Gasteiger charge is -2.26. The predicted molar refractivity (Wildman–Crippen MR) is 72.6 cm³/mol. The van der Waals surface area contributed by atoms with Crippen molar-refractivity contribution in [1.29, 1.82) is 0 Å². The molecule has 1 aromatic rings. The van der Waals surface area contributed by atoms with Gasteiger partial charge in [0, 0.05) is 20.1 Å². The molecule has 0 saturated carbocycles. The summed E-state index contributed by atoms with van der Waals surface area (Å²) in [5.74, 6) is 1.86. The van der Waals surface area contributed by atoms with Gasteiger partial charge in [-0.1, -0.05) is 12.5 Å². The average molecular weight is 234 g/mol. The van der Waals surface area contributed by atoms with Gasteiger partial charge >= 0.3 is 0 Å². The highest BCUT2D eigenvalue weighted by atomic mass is 15.1. The van der Waals surface area contributed by atoms with Crippen LogP contribution in [0.15, 0.2) is 18.2 Å². The number of pyridine rings is 1. The van der Waals surface area contributed by atoms with Gasteiger partial charge in [-0.25, -0.2) is 4.98 Å². The van der Waals surface area contributed by atoms with E-state index in [9.17, 15) is 0 Å². The van der Waals surface area contributed by atoms with Crippen molar-refractivity contribution in [3.8, 4) is 0 Å². The fourth-order valence-corrected chi connectivity index (χ4v) is 2.20. The Morgan fingerprint density at radius 3 is 2.71 bits per heavy atom. The normalized spacial score (nSPS) is 16.8. The van der Waals surface area contributed by atoms with Crippen molar-refractivity contribution >= 4 is 11.6 Å². The first-order valence-corrected chi connectivity index (χ1v) is 6.49. The molecule has 1 fully saturated rings. The summed E-state index contributed by atoms with van der Waals surface area (Å²) < 4.78 is 0. The fourth-order valence-electron chi connectivity index (χ4n) is 2.20. The number of nitrogens with zero attached hydrogens (tertiary/aromatic N) is 2. The van der Waals surface area contributed by atoms with Gasteiger partial charge in [-0.05, 0) is 38.1 Å². The fraction of sp³-hybridized carbons (Fsp3) is 0.615. The van der Waals surface area contributed by atoms with Crippen LogP contribution < -0.4 is 10.6 Å². The van der Waals surface area contributed by atoms with Gasteiger partial charge in [-0.2, -0.15) is 0 Å². The molecule has 1 saturated heterocycles. The van der Waals surface area contributed by atoms with Crippen molar-refractivity contribution in [3.63, 3.8) is 0 Å². The Balaban J connectivity index is 1.73. The molecule has 0 amide bonds. The number of hydrogen-bond donors (Lipinski definition) is 2. The van der Waals surface area contributed by atoms with Gasteiger partial charge < -0.3 is 15.5 Å². The van der Waals surface area contributed by atoms with Gasteiger partial charge in [0.05, 0.1) is 0 Å². The molecule has 0 bridgehead atoms. The summed E-state index contributed by atoms with van der Waals surface area (Å²) in [4.78, 5) is 6.96. The maximum Gasteiger partial charge on any atom is 0.128 e. The van der Waals surface area contributed by atoms with Crippen LogP contribution in [0, 0.1) is 0 Å². The summed E-state index contributed by atoms with van der Waals surface area (Å²) in [6.07, 6.45) is 4.11. The van der Waals surface area contributed by atoms with Crippen molar-refractivity contribution in [3.05, 3.63) is 18.2 Å². The molecule has 0 radical (unpaired) electrons. The molecule has 94 valence electrons. The van der Waals surface area contributed by atoms with E-state index in [0.717, 1.165) is 24.7 Å². The van der Waals surface area contributed by atoms with Crippen LogP contribution in [0.1, 0.15) is 19.3 Å². The lowest BCUT2D eigenvalue weighted by molar-refractivity contribution is 0.237. The molecule has 1 aromatic heterocycles. The minimum Gasteiger partial charge on any atom is -0.373 e. The SMILES string of the molecule is CNc1cccc(NCCN2CCCCC2)n1. The number of rotatable bonds is 5. The number of anilines is 2. The molecule has 1 aliphatic rings. The zero-order valence-corrected chi connectivity index (χ0v) is 10.6. The number of hydrogen-bond acceptors (Lipinski definition) is 4. The lowest BCUT2D eigenvalue weighted by atomic mass is 10.1. The van der Waals surface area contributed by atoms with Gasteiger partial charge in [0.15, 0.2) is 0 Å². The van der Waals surface area contributed by atoms with Crippen LogP contribution in [-0.2, 0) is 0 Å². The topological polar surface area (TPSA) is 40.2 Å². The monoisotopic (exact) mass is 234 g/mol. The first-order chi connectivity index (χ1) is 8.38. The quantitative estimate of drug-likeness (QED) is 0.818. The van der Waals surface area contributed by atoms with E-state index >= 15 is 0 Å². The second kappa shape index (κ2) is 6.45. The summed E-state index contributed by atoms with van der Waals surface area (Å²) >= 11 is 0. The van der Waals surface area contributed by atoms with Crippen molar-refractivity contribution in [2.45, 2.75) is 19.3 Å². The largest absolute Gasteiger partial charge is 0.373 e. The van der Waals surface area contributed by atoms with Crippen LogP contribution in [0.4, 0.5) is 11.6 Å². The highest BCUT2D eigenvalue weighted by molar-refractivity contribution is 5.44. The van der Waals surface area contributed by atoms with Crippen LogP contribution in [-0.4, -0.2) is 43.1 Å². The smallest absolute Gasteiger partial charge is 0.128 e. The molecular formula is C13H22N4.